The van der Waals surface area contributed by atoms with E-state index < -0.39 is 11.7 Å². The van der Waals surface area contributed by atoms with Crippen LogP contribution in [0.1, 0.15) is 17.9 Å². The van der Waals surface area contributed by atoms with E-state index in [0.717, 1.165) is 5.69 Å². The Bertz CT molecular complexity index is 787. The van der Waals surface area contributed by atoms with Crippen LogP contribution < -0.4 is 15.5 Å². The lowest BCUT2D eigenvalue weighted by atomic mass is 9.89. The quantitative estimate of drug-likeness (QED) is 0.911. The second kappa shape index (κ2) is 6.31. The number of amides is 2. The number of benzene rings is 2. The van der Waals surface area contributed by atoms with Crippen LogP contribution in [0.4, 0.5) is 21.5 Å². The van der Waals surface area contributed by atoms with Gasteiger partial charge < -0.3 is 15.5 Å². The molecule has 0 bridgehead atoms. The zero-order valence-corrected chi connectivity index (χ0v) is 13.5. The lowest BCUT2D eigenvalue weighted by Crippen LogP contribution is -2.30. The smallest absolute Gasteiger partial charge is 0.232 e. The third-order valence-corrected chi connectivity index (χ3v) is 4.02. The highest BCUT2D eigenvalue weighted by molar-refractivity contribution is 6.05. The van der Waals surface area contributed by atoms with Crippen LogP contribution in [0.25, 0.3) is 0 Å². The average molecular weight is 327 g/mol. The monoisotopic (exact) mass is 327 g/mol. The van der Waals surface area contributed by atoms with Crippen LogP contribution in [0.15, 0.2) is 42.5 Å². The Morgan fingerprint density at radius 2 is 1.92 bits per heavy atom. The number of hydrogen-bond acceptors (Lipinski definition) is 3. The predicted molar refractivity (Wildman–Crippen MR) is 91.8 cm³/mol. The molecule has 2 N–H and O–H groups in total. The lowest BCUT2D eigenvalue weighted by Gasteiger charge is -2.25. The minimum absolute atomic E-state index is 0.0419. The average Bonchev–Trinajstić information content (AvgIpc) is 2.54. The zero-order valence-electron chi connectivity index (χ0n) is 13.5. The third-order valence-electron chi connectivity index (χ3n) is 4.02. The summed E-state index contributed by atoms with van der Waals surface area (Å²) in [5.74, 6) is -1.66. The summed E-state index contributed by atoms with van der Waals surface area (Å²) >= 11 is 0. The van der Waals surface area contributed by atoms with Crippen molar-refractivity contribution in [3.8, 4) is 0 Å². The van der Waals surface area contributed by atoms with E-state index in [1.807, 2.05) is 43.3 Å². The van der Waals surface area contributed by atoms with E-state index in [1.165, 1.54) is 12.1 Å². The molecule has 1 aliphatic rings. The minimum atomic E-state index is -0.636. The molecular formula is C18H18FN3O2. The SMILES string of the molecule is CN(C)c1ccc(NC(=O)C2CC(=O)Nc3cc(F)ccc32)cc1. The second-order valence-electron chi connectivity index (χ2n) is 5.97. The molecule has 0 saturated heterocycles. The van der Waals surface area contributed by atoms with Crippen molar-refractivity contribution in [3.05, 3.63) is 53.8 Å². The largest absolute Gasteiger partial charge is 0.378 e. The Morgan fingerprint density at radius 3 is 2.58 bits per heavy atom. The molecule has 0 aromatic heterocycles. The summed E-state index contributed by atoms with van der Waals surface area (Å²) in [5.41, 5.74) is 2.65. The van der Waals surface area contributed by atoms with Gasteiger partial charge in [-0.1, -0.05) is 6.07 Å². The predicted octanol–water partition coefficient (Wildman–Crippen LogP) is 2.96. The molecular weight excluding hydrogens is 309 g/mol. The molecule has 2 aromatic rings. The Kier molecular flexibility index (Phi) is 4.20. The van der Waals surface area contributed by atoms with Gasteiger partial charge in [-0.05, 0) is 42.0 Å². The normalized spacial score (nSPS) is 16.1. The van der Waals surface area contributed by atoms with Crippen LogP contribution in [0, 0.1) is 5.82 Å². The van der Waals surface area contributed by atoms with Crippen molar-refractivity contribution >= 4 is 28.9 Å². The van der Waals surface area contributed by atoms with Crippen molar-refractivity contribution in [1.29, 1.82) is 0 Å². The fourth-order valence-electron chi connectivity index (χ4n) is 2.74. The van der Waals surface area contributed by atoms with Crippen LogP contribution in [0.3, 0.4) is 0 Å². The first kappa shape index (κ1) is 16.0. The number of hydrogen-bond donors (Lipinski definition) is 2. The fraction of sp³-hybridized carbons (Fsp3) is 0.222. The molecule has 2 amide bonds. The van der Waals surface area contributed by atoms with Crippen molar-refractivity contribution in [2.24, 2.45) is 0 Å². The Balaban J connectivity index is 1.81. The molecule has 3 rings (SSSR count). The molecule has 0 fully saturated rings. The maximum absolute atomic E-state index is 13.3. The number of rotatable bonds is 3. The Hall–Kier alpha value is -2.89. The molecule has 0 aliphatic carbocycles. The van der Waals surface area contributed by atoms with Gasteiger partial charge in [0.2, 0.25) is 11.8 Å². The van der Waals surface area contributed by atoms with Crippen LogP contribution in [0.5, 0.6) is 0 Å². The van der Waals surface area contributed by atoms with Crippen molar-refractivity contribution in [2.45, 2.75) is 12.3 Å². The molecule has 6 heteroatoms. The van der Waals surface area contributed by atoms with Crippen LogP contribution in [-0.4, -0.2) is 25.9 Å². The first-order valence-electron chi connectivity index (χ1n) is 7.61. The van der Waals surface area contributed by atoms with Gasteiger partial charge in [0, 0.05) is 37.6 Å². The maximum atomic E-state index is 13.3. The summed E-state index contributed by atoms with van der Waals surface area (Å²) in [6.45, 7) is 0. The topological polar surface area (TPSA) is 61.4 Å². The van der Waals surface area contributed by atoms with E-state index in [1.54, 1.807) is 6.07 Å². The molecule has 124 valence electrons. The number of anilines is 3. The molecule has 5 nitrogen and oxygen atoms in total. The molecule has 0 radical (unpaired) electrons. The lowest BCUT2D eigenvalue weighted by molar-refractivity contribution is -0.123. The van der Waals surface area contributed by atoms with Gasteiger partial charge in [-0.25, -0.2) is 4.39 Å². The third kappa shape index (κ3) is 3.22. The minimum Gasteiger partial charge on any atom is -0.378 e. The molecule has 0 spiro atoms. The Labute approximate surface area is 139 Å². The molecule has 24 heavy (non-hydrogen) atoms. The van der Waals surface area contributed by atoms with Crippen molar-refractivity contribution in [2.75, 3.05) is 29.6 Å². The molecule has 0 saturated carbocycles. The number of carbonyl (C=O) groups excluding carboxylic acids is 2. The van der Waals surface area contributed by atoms with Gasteiger partial charge in [0.05, 0.1) is 5.92 Å². The standard InChI is InChI=1S/C18H18FN3O2/c1-22(2)13-6-4-12(5-7-13)20-18(24)15-10-17(23)21-16-9-11(19)3-8-14(15)16/h3-9,15H,10H2,1-2H3,(H,20,24)(H,21,23). The summed E-state index contributed by atoms with van der Waals surface area (Å²) in [5, 5.41) is 5.43. The first-order chi connectivity index (χ1) is 11.4. The molecule has 1 heterocycles. The molecule has 1 atom stereocenters. The summed E-state index contributed by atoms with van der Waals surface area (Å²) < 4.78 is 13.3. The van der Waals surface area contributed by atoms with Gasteiger partial charge >= 0.3 is 0 Å². The van der Waals surface area contributed by atoms with E-state index in [2.05, 4.69) is 10.6 Å². The molecule has 1 aliphatic heterocycles. The number of nitrogens with one attached hydrogen (secondary N) is 2. The highest BCUT2D eigenvalue weighted by Gasteiger charge is 2.31. The maximum Gasteiger partial charge on any atom is 0.232 e. The summed E-state index contributed by atoms with van der Waals surface area (Å²) in [7, 11) is 3.87. The van der Waals surface area contributed by atoms with Gasteiger partial charge in [-0.3, -0.25) is 9.59 Å². The summed E-state index contributed by atoms with van der Waals surface area (Å²) in [4.78, 5) is 26.3. The number of carbonyl (C=O) groups is 2. The van der Waals surface area contributed by atoms with Crippen molar-refractivity contribution in [3.63, 3.8) is 0 Å². The van der Waals surface area contributed by atoms with Gasteiger partial charge in [-0.2, -0.15) is 0 Å². The highest BCUT2D eigenvalue weighted by atomic mass is 19.1. The van der Waals surface area contributed by atoms with E-state index in [9.17, 15) is 14.0 Å². The summed E-state index contributed by atoms with van der Waals surface area (Å²) in [6, 6.07) is 11.5. The van der Waals surface area contributed by atoms with Crippen molar-refractivity contribution in [1.82, 2.24) is 0 Å². The van der Waals surface area contributed by atoms with Gasteiger partial charge in [0.25, 0.3) is 0 Å². The van der Waals surface area contributed by atoms with E-state index >= 15 is 0 Å². The highest BCUT2D eigenvalue weighted by Crippen LogP contribution is 2.33. The van der Waals surface area contributed by atoms with E-state index in [-0.39, 0.29) is 18.2 Å². The molecule has 2 aromatic carbocycles. The zero-order chi connectivity index (χ0) is 17.3. The van der Waals surface area contributed by atoms with Crippen LogP contribution >= 0.6 is 0 Å². The Morgan fingerprint density at radius 1 is 1.21 bits per heavy atom. The van der Waals surface area contributed by atoms with Gasteiger partial charge in [0.15, 0.2) is 0 Å². The second-order valence-corrected chi connectivity index (χ2v) is 5.97. The van der Waals surface area contributed by atoms with Crippen LogP contribution in [0.2, 0.25) is 0 Å². The van der Waals surface area contributed by atoms with E-state index in [4.69, 9.17) is 0 Å². The fourth-order valence-corrected chi connectivity index (χ4v) is 2.74. The van der Waals surface area contributed by atoms with Gasteiger partial charge in [-0.15, -0.1) is 0 Å². The number of halogens is 1. The first-order valence-corrected chi connectivity index (χ1v) is 7.61. The van der Waals surface area contributed by atoms with Crippen LogP contribution in [-0.2, 0) is 9.59 Å². The number of nitrogens with zero attached hydrogens (tertiary/aromatic N) is 1. The van der Waals surface area contributed by atoms with Gasteiger partial charge in [0.1, 0.15) is 5.82 Å². The van der Waals surface area contributed by atoms with Crippen molar-refractivity contribution < 1.29 is 14.0 Å². The van der Waals surface area contributed by atoms with E-state index in [0.29, 0.717) is 16.9 Å². The summed E-state index contributed by atoms with van der Waals surface area (Å²) in [6.07, 6.45) is 0.0419. The number of fused-ring (bicyclic) bond motifs is 1. The molecule has 1 unspecified atom stereocenters.